The topological polar surface area (TPSA) is 94.4 Å². The number of carbonyl (C=O) groups is 2. The average Bonchev–Trinajstić information content (AvgIpc) is 2.93. The van der Waals surface area contributed by atoms with Gasteiger partial charge in [0.25, 0.3) is 5.91 Å². The van der Waals surface area contributed by atoms with Gasteiger partial charge in [0.2, 0.25) is 5.91 Å². The second-order valence-electron chi connectivity index (χ2n) is 6.17. The molecule has 0 atom stereocenters. The first-order valence-electron chi connectivity index (χ1n) is 8.62. The predicted octanol–water partition coefficient (Wildman–Crippen LogP) is 1.79. The third-order valence-corrected chi connectivity index (χ3v) is 4.45. The van der Waals surface area contributed by atoms with Crippen molar-refractivity contribution < 1.29 is 14.3 Å². The molecule has 2 heterocycles. The molecule has 3 aromatic rings. The fraction of sp³-hybridized carbons (Fsp3) is 0.211. The lowest BCUT2D eigenvalue weighted by atomic mass is 10.2. The fourth-order valence-electron chi connectivity index (χ4n) is 3.28. The number of amides is 2. The normalized spacial score (nSPS) is 13.0. The first-order chi connectivity index (χ1) is 13.1. The van der Waals surface area contributed by atoms with E-state index in [1.807, 2.05) is 31.2 Å². The molecule has 0 unspecified atom stereocenters. The maximum absolute atomic E-state index is 12.6. The average molecular weight is 366 g/mol. The minimum atomic E-state index is -0.356. The second-order valence-corrected chi connectivity index (χ2v) is 6.17. The number of benzene rings is 2. The van der Waals surface area contributed by atoms with Gasteiger partial charge in [-0.3, -0.25) is 18.7 Å². The predicted molar refractivity (Wildman–Crippen MR) is 101 cm³/mol. The maximum Gasteiger partial charge on any atom is 0.329 e. The Bertz CT molecular complexity index is 1110. The van der Waals surface area contributed by atoms with Gasteiger partial charge >= 0.3 is 5.69 Å². The van der Waals surface area contributed by atoms with E-state index in [4.69, 9.17) is 4.74 Å². The minimum Gasteiger partial charge on any atom is -0.479 e. The molecular weight excluding hydrogens is 348 g/mol. The summed E-state index contributed by atoms with van der Waals surface area (Å²) in [5.74, 6) is -0.191. The van der Waals surface area contributed by atoms with Crippen LogP contribution in [0.15, 0.2) is 47.3 Å². The number of nitrogens with zero attached hydrogens (tertiary/aromatic N) is 2. The molecule has 2 N–H and O–H groups in total. The zero-order chi connectivity index (χ0) is 19.0. The van der Waals surface area contributed by atoms with Crippen LogP contribution in [0.5, 0.6) is 5.75 Å². The molecule has 8 nitrogen and oxygen atoms in total. The molecule has 0 aliphatic carbocycles. The van der Waals surface area contributed by atoms with E-state index in [1.165, 1.54) is 4.57 Å². The molecule has 1 aliphatic rings. The molecule has 8 heteroatoms. The molecule has 1 aromatic heterocycles. The molecule has 4 rings (SSSR count). The van der Waals surface area contributed by atoms with Gasteiger partial charge in [-0.15, -0.1) is 0 Å². The van der Waals surface area contributed by atoms with Crippen LogP contribution in [-0.4, -0.2) is 27.6 Å². The van der Waals surface area contributed by atoms with Crippen molar-refractivity contribution in [1.82, 2.24) is 9.13 Å². The Morgan fingerprint density at radius 1 is 1.11 bits per heavy atom. The highest BCUT2D eigenvalue weighted by molar-refractivity contribution is 6.00. The summed E-state index contributed by atoms with van der Waals surface area (Å²) in [4.78, 5) is 36.7. The van der Waals surface area contributed by atoms with E-state index in [9.17, 15) is 14.4 Å². The molecule has 138 valence electrons. The Balaban J connectivity index is 1.63. The standard InChI is InChI=1S/C19H18N4O4/c1-2-22-14-8-3-4-9-15(14)23(19(22)26)10-16(24)20-12-6-5-7-13-18(12)27-11-17(25)21-13/h3-9H,2,10-11H2,1H3,(H,20,24)(H,21,25). The number of ether oxygens (including phenoxy) is 1. The van der Waals surface area contributed by atoms with E-state index in [0.29, 0.717) is 29.2 Å². The molecule has 0 saturated heterocycles. The summed E-state index contributed by atoms with van der Waals surface area (Å²) in [6.07, 6.45) is 0. The van der Waals surface area contributed by atoms with Gasteiger partial charge in [-0.1, -0.05) is 18.2 Å². The van der Waals surface area contributed by atoms with E-state index in [0.717, 1.165) is 5.52 Å². The zero-order valence-corrected chi connectivity index (χ0v) is 14.7. The Morgan fingerprint density at radius 3 is 2.59 bits per heavy atom. The first kappa shape index (κ1) is 16.9. The number of hydrogen-bond donors (Lipinski definition) is 2. The van der Waals surface area contributed by atoms with E-state index < -0.39 is 0 Å². The van der Waals surface area contributed by atoms with Crippen LogP contribution in [0.25, 0.3) is 11.0 Å². The third-order valence-electron chi connectivity index (χ3n) is 4.45. The smallest absolute Gasteiger partial charge is 0.329 e. The lowest BCUT2D eigenvalue weighted by molar-refractivity contribution is -0.118. The summed E-state index contributed by atoms with van der Waals surface area (Å²) in [6, 6.07) is 12.5. The van der Waals surface area contributed by atoms with Gasteiger partial charge in [0.15, 0.2) is 12.4 Å². The molecule has 0 saturated carbocycles. The molecule has 27 heavy (non-hydrogen) atoms. The number of imidazole rings is 1. The SMILES string of the molecule is CCn1c(=O)n(CC(=O)Nc2cccc3c2OCC(=O)N3)c2ccccc21. The van der Waals surface area contributed by atoms with E-state index in [-0.39, 0.29) is 30.7 Å². The van der Waals surface area contributed by atoms with Crippen LogP contribution in [0.2, 0.25) is 0 Å². The van der Waals surface area contributed by atoms with Crippen molar-refractivity contribution in [3.05, 3.63) is 52.9 Å². The molecule has 0 radical (unpaired) electrons. The van der Waals surface area contributed by atoms with Crippen molar-refractivity contribution in [2.24, 2.45) is 0 Å². The van der Waals surface area contributed by atoms with Crippen LogP contribution in [-0.2, 0) is 22.7 Å². The highest BCUT2D eigenvalue weighted by atomic mass is 16.5. The van der Waals surface area contributed by atoms with Gasteiger partial charge in [0.1, 0.15) is 6.54 Å². The summed E-state index contributed by atoms with van der Waals surface area (Å²) in [5, 5.41) is 5.46. The van der Waals surface area contributed by atoms with Crippen molar-refractivity contribution in [3.63, 3.8) is 0 Å². The molecule has 2 aromatic carbocycles. The monoisotopic (exact) mass is 366 g/mol. The van der Waals surface area contributed by atoms with Crippen molar-refractivity contribution in [1.29, 1.82) is 0 Å². The second kappa shape index (κ2) is 6.64. The Morgan fingerprint density at radius 2 is 1.85 bits per heavy atom. The number of rotatable bonds is 4. The van der Waals surface area contributed by atoms with Crippen molar-refractivity contribution >= 4 is 34.2 Å². The number of carbonyl (C=O) groups excluding carboxylic acids is 2. The van der Waals surface area contributed by atoms with E-state index in [1.54, 1.807) is 22.8 Å². The molecule has 0 bridgehead atoms. The van der Waals surface area contributed by atoms with Crippen LogP contribution < -0.4 is 21.1 Å². The Hall–Kier alpha value is -3.55. The number of nitrogens with one attached hydrogen (secondary N) is 2. The number of aryl methyl sites for hydroxylation is 1. The summed E-state index contributed by atoms with van der Waals surface area (Å²) >= 11 is 0. The largest absolute Gasteiger partial charge is 0.479 e. The Kier molecular flexibility index (Phi) is 4.15. The number of aromatic nitrogens is 2. The van der Waals surface area contributed by atoms with Crippen LogP contribution in [0.4, 0.5) is 11.4 Å². The molecule has 1 aliphatic heterocycles. The van der Waals surface area contributed by atoms with Crippen molar-refractivity contribution in [3.8, 4) is 5.75 Å². The van der Waals surface area contributed by atoms with Gasteiger partial charge in [0.05, 0.1) is 22.4 Å². The van der Waals surface area contributed by atoms with Crippen LogP contribution in [0.1, 0.15) is 6.92 Å². The lowest BCUT2D eigenvalue weighted by Crippen LogP contribution is -2.30. The number of fused-ring (bicyclic) bond motifs is 2. The summed E-state index contributed by atoms with van der Waals surface area (Å²) in [6.45, 7) is 2.18. The molecule has 0 fully saturated rings. The highest BCUT2D eigenvalue weighted by Crippen LogP contribution is 2.35. The summed E-state index contributed by atoms with van der Waals surface area (Å²) in [5.41, 5.74) is 2.22. The van der Waals surface area contributed by atoms with Gasteiger partial charge in [-0.05, 0) is 31.2 Å². The van der Waals surface area contributed by atoms with Crippen molar-refractivity contribution in [2.45, 2.75) is 20.0 Å². The lowest BCUT2D eigenvalue weighted by Gasteiger charge is -2.20. The zero-order valence-electron chi connectivity index (χ0n) is 14.7. The highest BCUT2D eigenvalue weighted by Gasteiger charge is 2.21. The number of hydrogen-bond acceptors (Lipinski definition) is 4. The fourth-order valence-corrected chi connectivity index (χ4v) is 3.28. The van der Waals surface area contributed by atoms with Crippen LogP contribution >= 0.6 is 0 Å². The maximum atomic E-state index is 12.6. The molecule has 0 spiro atoms. The van der Waals surface area contributed by atoms with Gasteiger partial charge in [0, 0.05) is 6.54 Å². The quantitative estimate of drug-likeness (QED) is 0.736. The molecule has 2 amide bonds. The molecular formula is C19H18N4O4. The summed E-state index contributed by atoms with van der Waals surface area (Å²) in [7, 11) is 0. The van der Waals surface area contributed by atoms with E-state index >= 15 is 0 Å². The van der Waals surface area contributed by atoms with Crippen LogP contribution in [0.3, 0.4) is 0 Å². The number of anilines is 2. The van der Waals surface area contributed by atoms with Gasteiger partial charge < -0.3 is 15.4 Å². The number of para-hydroxylation sites is 3. The van der Waals surface area contributed by atoms with E-state index in [2.05, 4.69) is 10.6 Å². The van der Waals surface area contributed by atoms with Crippen LogP contribution in [0, 0.1) is 0 Å². The first-order valence-corrected chi connectivity index (χ1v) is 8.62. The summed E-state index contributed by atoms with van der Waals surface area (Å²) < 4.78 is 8.52. The Labute approximate surface area is 154 Å². The minimum absolute atomic E-state index is 0.108. The van der Waals surface area contributed by atoms with Crippen molar-refractivity contribution in [2.75, 3.05) is 17.2 Å². The van der Waals surface area contributed by atoms with Gasteiger partial charge in [-0.25, -0.2) is 4.79 Å². The third kappa shape index (κ3) is 2.95. The van der Waals surface area contributed by atoms with Gasteiger partial charge in [-0.2, -0.15) is 0 Å².